The summed E-state index contributed by atoms with van der Waals surface area (Å²) in [5, 5.41) is 17.9. The molecule has 0 radical (unpaired) electrons. The number of rotatable bonds is 4. The predicted molar refractivity (Wildman–Crippen MR) is 147 cm³/mol. The lowest BCUT2D eigenvalue weighted by molar-refractivity contribution is 0.884. The number of benzene rings is 4. The van der Waals surface area contributed by atoms with Crippen LogP contribution in [0.4, 0.5) is 0 Å². The maximum atomic E-state index is 12.7. The first-order valence-electron chi connectivity index (χ1n) is 11.6. The molecule has 0 bridgehead atoms. The molecule has 6 nitrogen and oxygen atoms in total. The van der Waals surface area contributed by atoms with Crippen molar-refractivity contribution < 1.29 is 0 Å². The molecular weight excluding hydrogens is 482 g/mol. The van der Waals surface area contributed by atoms with Gasteiger partial charge in [-0.2, -0.15) is 10.4 Å². The van der Waals surface area contributed by atoms with E-state index < -0.39 is 0 Å². The Labute approximate surface area is 216 Å². The Kier molecular flexibility index (Phi) is 5.61. The quantitative estimate of drug-likeness (QED) is 0.275. The summed E-state index contributed by atoms with van der Waals surface area (Å²) in [7, 11) is 0. The van der Waals surface area contributed by atoms with Gasteiger partial charge in [0.1, 0.15) is 11.8 Å². The highest BCUT2D eigenvalue weighted by atomic mass is 35.5. The largest absolute Gasteiger partial charge is 0.305 e. The van der Waals surface area contributed by atoms with Gasteiger partial charge in [0.2, 0.25) is 0 Å². The summed E-state index contributed by atoms with van der Waals surface area (Å²) in [5.74, 6) is 0.179. The predicted octanol–water partition coefficient (Wildman–Crippen LogP) is 6.65. The molecule has 0 aliphatic rings. The van der Waals surface area contributed by atoms with E-state index in [0.717, 1.165) is 27.6 Å². The van der Waals surface area contributed by atoms with Crippen LogP contribution in [0.25, 0.3) is 50.3 Å². The van der Waals surface area contributed by atoms with E-state index in [1.54, 1.807) is 29.0 Å². The first-order chi connectivity index (χ1) is 18.1. The molecule has 0 saturated carbocycles. The lowest BCUT2D eigenvalue weighted by Gasteiger charge is -2.06. The Hall–Kier alpha value is -4.99. The fraction of sp³-hybridized carbons (Fsp3) is 0. The summed E-state index contributed by atoms with van der Waals surface area (Å²) in [4.78, 5) is 20.0. The van der Waals surface area contributed by atoms with Crippen molar-refractivity contribution in [1.29, 1.82) is 5.26 Å². The minimum atomic E-state index is -0.363. The van der Waals surface area contributed by atoms with Gasteiger partial charge in [0.05, 0.1) is 22.2 Å². The van der Waals surface area contributed by atoms with Crippen LogP contribution in [0, 0.1) is 11.3 Å². The van der Waals surface area contributed by atoms with Crippen LogP contribution in [-0.4, -0.2) is 19.7 Å². The zero-order valence-electron chi connectivity index (χ0n) is 19.4. The fourth-order valence-electron chi connectivity index (χ4n) is 4.39. The first kappa shape index (κ1) is 22.5. The van der Waals surface area contributed by atoms with Crippen LogP contribution in [0.5, 0.6) is 0 Å². The van der Waals surface area contributed by atoms with Gasteiger partial charge in [0, 0.05) is 22.3 Å². The Morgan fingerprint density at radius 2 is 1.73 bits per heavy atom. The summed E-state index contributed by atoms with van der Waals surface area (Å²) in [6.45, 7) is 0. The Morgan fingerprint density at radius 3 is 2.57 bits per heavy atom. The number of nitrogens with one attached hydrogen (secondary N) is 1. The molecule has 0 aliphatic heterocycles. The molecule has 7 heteroatoms. The number of H-pyrrole nitrogens is 1. The van der Waals surface area contributed by atoms with E-state index in [9.17, 15) is 10.1 Å². The SMILES string of the molecule is N#C/C(=C\c1cn(-c2ccccc2)nc1-c1cccc2ccccc12)c1nc2ccc(Cl)cc2c(=O)[nH]1. The van der Waals surface area contributed by atoms with Crippen LogP contribution in [0.1, 0.15) is 11.4 Å². The third kappa shape index (κ3) is 4.18. The van der Waals surface area contributed by atoms with Crippen LogP contribution in [0.2, 0.25) is 5.02 Å². The van der Waals surface area contributed by atoms with Gasteiger partial charge in [-0.3, -0.25) is 4.79 Å². The molecule has 0 aliphatic carbocycles. The van der Waals surface area contributed by atoms with Crippen molar-refractivity contribution in [3.63, 3.8) is 0 Å². The number of para-hydroxylation sites is 1. The highest BCUT2D eigenvalue weighted by Gasteiger charge is 2.16. The van der Waals surface area contributed by atoms with E-state index in [1.165, 1.54) is 0 Å². The van der Waals surface area contributed by atoms with Gasteiger partial charge in [-0.05, 0) is 47.2 Å². The molecule has 6 rings (SSSR count). The molecule has 0 fully saturated rings. The third-order valence-electron chi connectivity index (χ3n) is 6.15. The first-order valence-corrected chi connectivity index (χ1v) is 11.9. The smallest absolute Gasteiger partial charge is 0.259 e. The van der Waals surface area contributed by atoms with Crippen molar-refractivity contribution in [3.05, 3.63) is 124 Å². The van der Waals surface area contributed by atoms with E-state index in [4.69, 9.17) is 16.7 Å². The second kappa shape index (κ2) is 9.23. The molecule has 2 heterocycles. The average Bonchev–Trinajstić information content (AvgIpc) is 3.36. The number of fused-ring (bicyclic) bond motifs is 2. The summed E-state index contributed by atoms with van der Waals surface area (Å²) in [6, 6.07) is 31.0. The van der Waals surface area contributed by atoms with Crippen molar-refractivity contribution in [2.24, 2.45) is 0 Å². The lowest BCUT2D eigenvalue weighted by Crippen LogP contribution is -2.11. The van der Waals surface area contributed by atoms with Gasteiger partial charge in [-0.1, -0.05) is 72.3 Å². The van der Waals surface area contributed by atoms with E-state index >= 15 is 0 Å². The summed E-state index contributed by atoms with van der Waals surface area (Å²) in [6.07, 6.45) is 3.59. The van der Waals surface area contributed by atoms with Crippen molar-refractivity contribution in [2.45, 2.75) is 0 Å². The van der Waals surface area contributed by atoms with E-state index in [0.29, 0.717) is 21.6 Å². The third-order valence-corrected chi connectivity index (χ3v) is 6.39. The monoisotopic (exact) mass is 499 g/mol. The molecule has 0 spiro atoms. The zero-order chi connectivity index (χ0) is 25.4. The molecular formula is C30H18ClN5O. The molecule has 0 saturated heterocycles. The normalized spacial score (nSPS) is 11.6. The zero-order valence-corrected chi connectivity index (χ0v) is 20.1. The second-order valence-corrected chi connectivity index (χ2v) is 8.92. The molecule has 0 amide bonds. The maximum Gasteiger partial charge on any atom is 0.259 e. The van der Waals surface area contributed by atoms with Crippen LogP contribution < -0.4 is 5.56 Å². The molecule has 6 aromatic rings. The van der Waals surface area contributed by atoms with Crippen molar-refractivity contribution in [2.75, 3.05) is 0 Å². The Morgan fingerprint density at radius 1 is 0.946 bits per heavy atom. The highest BCUT2D eigenvalue weighted by molar-refractivity contribution is 6.31. The molecule has 2 aromatic heterocycles. The van der Waals surface area contributed by atoms with Crippen LogP contribution in [0.15, 0.2) is 102 Å². The molecule has 0 unspecified atom stereocenters. The number of halogens is 1. The Balaban J connectivity index is 1.57. The molecule has 0 atom stereocenters. The number of hydrogen-bond acceptors (Lipinski definition) is 4. The number of nitrogens with zero attached hydrogens (tertiary/aromatic N) is 4. The number of aromatic nitrogens is 4. The number of nitriles is 1. The van der Waals surface area contributed by atoms with Crippen LogP contribution in [-0.2, 0) is 0 Å². The van der Waals surface area contributed by atoms with Gasteiger partial charge in [0.25, 0.3) is 5.56 Å². The van der Waals surface area contributed by atoms with Gasteiger partial charge < -0.3 is 4.98 Å². The highest BCUT2D eigenvalue weighted by Crippen LogP contribution is 2.32. The van der Waals surface area contributed by atoms with E-state index in [1.807, 2.05) is 60.8 Å². The topological polar surface area (TPSA) is 87.4 Å². The minimum Gasteiger partial charge on any atom is -0.305 e. The van der Waals surface area contributed by atoms with Crippen LogP contribution >= 0.6 is 11.6 Å². The average molecular weight is 500 g/mol. The lowest BCUT2D eigenvalue weighted by atomic mass is 9.99. The van der Waals surface area contributed by atoms with Crippen molar-refractivity contribution >= 4 is 44.9 Å². The summed E-state index contributed by atoms with van der Waals surface area (Å²) in [5.41, 5.74) is 3.56. The van der Waals surface area contributed by atoms with Gasteiger partial charge in [0.15, 0.2) is 5.82 Å². The van der Waals surface area contributed by atoms with Gasteiger partial charge >= 0.3 is 0 Å². The van der Waals surface area contributed by atoms with Gasteiger partial charge in [-0.15, -0.1) is 0 Å². The van der Waals surface area contributed by atoms with E-state index in [-0.39, 0.29) is 17.0 Å². The maximum absolute atomic E-state index is 12.7. The Bertz CT molecular complexity index is 1920. The molecule has 37 heavy (non-hydrogen) atoms. The van der Waals surface area contributed by atoms with Crippen molar-refractivity contribution in [3.8, 4) is 23.0 Å². The standard InChI is InChI=1S/C30H18ClN5O/c31-22-13-14-27-26(16-22)30(37)34-29(33-27)20(17-32)15-21-18-36(23-9-2-1-3-10-23)35-28(21)25-12-6-8-19-7-4-5-11-24(19)25/h1-16,18H,(H,33,34,37)/b20-15+. The second-order valence-electron chi connectivity index (χ2n) is 8.49. The number of allylic oxidation sites excluding steroid dienone is 1. The van der Waals surface area contributed by atoms with Gasteiger partial charge in [-0.25, -0.2) is 9.67 Å². The fourth-order valence-corrected chi connectivity index (χ4v) is 4.57. The summed E-state index contributed by atoms with van der Waals surface area (Å²) >= 11 is 6.04. The van der Waals surface area contributed by atoms with Crippen LogP contribution in [0.3, 0.4) is 0 Å². The summed E-state index contributed by atoms with van der Waals surface area (Å²) < 4.78 is 1.79. The van der Waals surface area contributed by atoms with Crippen molar-refractivity contribution in [1.82, 2.24) is 19.7 Å². The minimum absolute atomic E-state index is 0.179. The van der Waals surface area contributed by atoms with E-state index in [2.05, 4.69) is 34.2 Å². The molecule has 176 valence electrons. The number of hydrogen-bond donors (Lipinski definition) is 1. The molecule has 1 N–H and O–H groups in total. The number of aromatic amines is 1. The molecule has 4 aromatic carbocycles.